The lowest BCUT2D eigenvalue weighted by atomic mass is 9.89. The molecule has 0 aromatic heterocycles. The molecule has 146 valence electrons. The van der Waals surface area contributed by atoms with Gasteiger partial charge in [-0.2, -0.15) is 0 Å². The number of hydrogen-bond acceptors (Lipinski definition) is 2. The predicted molar refractivity (Wildman–Crippen MR) is 116 cm³/mol. The molecule has 0 heterocycles. The van der Waals surface area contributed by atoms with E-state index in [-0.39, 0.29) is 17.1 Å². The Morgan fingerprint density at radius 3 is 2.48 bits per heavy atom. The molecule has 3 aromatic rings. The highest BCUT2D eigenvalue weighted by molar-refractivity contribution is 6.05. The first-order valence-corrected chi connectivity index (χ1v) is 9.96. The van der Waals surface area contributed by atoms with Crippen LogP contribution in [-0.2, 0) is 13.0 Å². The number of amides is 1. The Kier molecular flexibility index (Phi) is 4.83. The lowest BCUT2D eigenvalue weighted by Crippen LogP contribution is -2.22. The molecular formula is C26H25NO2. The highest BCUT2D eigenvalue weighted by atomic mass is 16.1. The van der Waals surface area contributed by atoms with Gasteiger partial charge >= 0.3 is 0 Å². The third kappa shape index (κ3) is 3.73. The van der Waals surface area contributed by atoms with Crippen LogP contribution < -0.4 is 5.32 Å². The summed E-state index contributed by atoms with van der Waals surface area (Å²) in [6.45, 7) is 6.54. The molecule has 0 radical (unpaired) electrons. The van der Waals surface area contributed by atoms with E-state index in [4.69, 9.17) is 0 Å². The Bertz CT molecular complexity index is 1100. The van der Waals surface area contributed by atoms with Crippen molar-refractivity contribution >= 4 is 11.7 Å². The summed E-state index contributed by atoms with van der Waals surface area (Å²) in [6.07, 6.45) is 0.755. The topological polar surface area (TPSA) is 46.2 Å². The normalized spacial score (nSPS) is 14.5. The van der Waals surface area contributed by atoms with Crippen LogP contribution in [0.4, 0.5) is 0 Å². The SMILES string of the molecule is Cc1ccc(C(=O)NCc2ccccc2)cc1-c1ccc2c(c1)CC(C)(C)C2=O. The van der Waals surface area contributed by atoms with Gasteiger partial charge in [-0.25, -0.2) is 0 Å². The third-order valence-electron chi connectivity index (χ3n) is 5.70. The lowest BCUT2D eigenvalue weighted by Gasteiger charge is -2.13. The van der Waals surface area contributed by atoms with Gasteiger partial charge in [0.25, 0.3) is 5.91 Å². The molecule has 0 unspecified atom stereocenters. The van der Waals surface area contributed by atoms with Gasteiger partial charge in [0, 0.05) is 23.1 Å². The summed E-state index contributed by atoms with van der Waals surface area (Å²) in [4.78, 5) is 25.2. The molecule has 1 aliphatic carbocycles. The molecule has 0 saturated heterocycles. The van der Waals surface area contributed by atoms with Crippen molar-refractivity contribution in [3.63, 3.8) is 0 Å². The first-order valence-electron chi connectivity index (χ1n) is 9.96. The molecule has 0 aliphatic heterocycles. The summed E-state index contributed by atoms with van der Waals surface area (Å²) in [5.74, 6) is 0.123. The number of carbonyl (C=O) groups is 2. The number of aryl methyl sites for hydroxylation is 1. The van der Waals surface area contributed by atoms with Crippen molar-refractivity contribution in [2.75, 3.05) is 0 Å². The number of benzene rings is 3. The van der Waals surface area contributed by atoms with E-state index in [1.54, 1.807) is 0 Å². The van der Waals surface area contributed by atoms with E-state index in [2.05, 4.69) is 11.4 Å². The molecule has 1 N–H and O–H groups in total. The largest absolute Gasteiger partial charge is 0.348 e. The van der Waals surface area contributed by atoms with Crippen molar-refractivity contribution in [1.82, 2.24) is 5.32 Å². The maximum Gasteiger partial charge on any atom is 0.251 e. The smallest absolute Gasteiger partial charge is 0.251 e. The zero-order valence-corrected chi connectivity index (χ0v) is 17.1. The van der Waals surface area contributed by atoms with E-state index >= 15 is 0 Å². The maximum absolute atomic E-state index is 12.7. The quantitative estimate of drug-likeness (QED) is 0.659. The zero-order valence-electron chi connectivity index (χ0n) is 17.1. The molecule has 3 aromatic carbocycles. The average Bonchev–Trinajstić information content (AvgIpc) is 2.95. The fourth-order valence-electron chi connectivity index (χ4n) is 4.00. The van der Waals surface area contributed by atoms with E-state index in [1.165, 1.54) is 0 Å². The first kappa shape index (κ1) is 19.1. The van der Waals surface area contributed by atoms with Gasteiger partial charge in [-0.05, 0) is 53.3 Å². The van der Waals surface area contributed by atoms with Gasteiger partial charge in [0.15, 0.2) is 5.78 Å². The first-order chi connectivity index (χ1) is 13.8. The van der Waals surface area contributed by atoms with Crippen LogP contribution in [0.1, 0.15) is 51.3 Å². The number of rotatable bonds is 4. The summed E-state index contributed by atoms with van der Waals surface area (Å²) in [6, 6.07) is 21.7. The molecule has 0 bridgehead atoms. The van der Waals surface area contributed by atoms with Gasteiger partial charge in [-0.1, -0.05) is 68.4 Å². The summed E-state index contributed by atoms with van der Waals surface area (Å²) in [5.41, 5.74) is 6.46. The van der Waals surface area contributed by atoms with Crippen LogP contribution in [0.25, 0.3) is 11.1 Å². The van der Waals surface area contributed by atoms with Crippen LogP contribution in [-0.4, -0.2) is 11.7 Å². The van der Waals surface area contributed by atoms with Gasteiger partial charge in [0.1, 0.15) is 0 Å². The fraction of sp³-hybridized carbons (Fsp3) is 0.231. The Balaban J connectivity index is 1.60. The summed E-state index contributed by atoms with van der Waals surface area (Å²) in [7, 11) is 0. The van der Waals surface area contributed by atoms with E-state index in [0.29, 0.717) is 12.1 Å². The number of nitrogens with one attached hydrogen (secondary N) is 1. The molecule has 3 nitrogen and oxygen atoms in total. The zero-order chi connectivity index (χ0) is 20.6. The molecular weight excluding hydrogens is 358 g/mol. The standard InChI is InChI=1S/C26H25NO2/c1-17-9-10-20(25(29)27-16-18-7-5-4-6-8-18)14-23(17)19-11-12-22-21(13-19)15-26(2,3)24(22)28/h4-14H,15-16H2,1-3H3,(H,27,29). The molecule has 1 amide bonds. The van der Waals surface area contributed by atoms with Gasteiger partial charge < -0.3 is 5.32 Å². The Hall–Kier alpha value is -3.20. The maximum atomic E-state index is 12.7. The molecule has 29 heavy (non-hydrogen) atoms. The Morgan fingerprint density at radius 2 is 1.72 bits per heavy atom. The predicted octanol–water partition coefficient (Wildman–Crippen LogP) is 5.36. The Morgan fingerprint density at radius 1 is 0.966 bits per heavy atom. The third-order valence-corrected chi connectivity index (χ3v) is 5.70. The highest BCUT2D eigenvalue weighted by Crippen LogP contribution is 2.38. The number of carbonyl (C=O) groups excluding carboxylic acids is 2. The van der Waals surface area contributed by atoms with Gasteiger partial charge in [0.2, 0.25) is 0 Å². The second-order valence-corrected chi connectivity index (χ2v) is 8.46. The second kappa shape index (κ2) is 7.32. The molecule has 3 heteroatoms. The Labute approximate surface area is 171 Å². The van der Waals surface area contributed by atoms with E-state index in [1.807, 2.05) is 81.4 Å². The van der Waals surface area contributed by atoms with Crippen LogP contribution in [0.2, 0.25) is 0 Å². The number of hydrogen-bond donors (Lipinski definition) is 1. The van der Waals surface area contributed by atoms with Crippen molar-refractivity contribution in [3.8, 4) is 11.1 Å². The summed E-state index contributed by atoms with van der Waals surface area (Å²) >= 11 is 0. The minimum atomic E-state index is -0.338. The molecule has 4 rings (SSSR count). The monoisotopic (exact) mass is 383 g/mol. The van der Waals surface area contributed by atoms with Crippen molar-refractivity contribution in [2.24, 2.45) is 5.41 Å². The highest BCUT2D eigenvalue weighted by Gasteiger charge is 2.37. The van der Waals surface area contributed by atoms with Crippen LogP contribution in [0.3, 0.4) is 0 Å². The van der Waals surface area contributed by atoms with Crippen LogP contribution in [0.15, 0.2) is 66.7 Å². The van der Waals surface area contributed by atoms with Crippen molar-refractivity contribution < 1.29 is 9.59 Å². The summed E-state index contributed by atoms with van der Waals surface area (Å²) in [5, 5.41) is 2.99. The number of ketones is 1. The molecule has 0 saturated carbocycles. The van der Waals surface area contributed by atoms with E-state index < -0.39 is 0 Å². The molecule has 1 aliphatic rings. The van der Waals surface area contributed by atoms with Crippen LogP contribution in [0.5, 0.6) is 0 Å². The van der Waals surface area contributed by atoms with Crippen molar-refractivity contribution in [1.29, 1.82) is 0 Å². The van der Waals surface area contributed by atoms with Crippen LogP contribution >= 0.6 is 0 Å². The number of Topliss-reactive ketones (excluding diaryl/α,β-unsaturated/α-hetero) is 1. The average molecular weight is 383 g/mol. The van der Waals surface area contributed by atoms with E-state index in [9.17, 15) is 9.59 Å². The van der Waals surface area contributed by atoms with E-state index in [0.717, 1.165) is 39.8 Å². The number of fused-ring (bicyclic) bond motifs is 1. The van der Waals surface area contributed by atoms with Crippen LogP contribution in [0, 0.1) is 12.3 Å². The van der Waals surface area contributed by atoms with Gasteiger partial charge in [-0.3, -0.25) is 9.59 Å². The lowest BCUT2D eigenvalue weighted by molar-refractivity contribution is 0.0863. The summed E-state index contributed by atoms with van der Waals surface area (Å²) < 4.78 is 0. The van der Waals surface area contributed by atoms with Crippen molar-refractivity contribution in [3.05, 3.63) is 94.5 Å². The molecule has 0 atom stereocenters. The molecule has 0 fully saturated rings. The van der Waals surface area contributed by atoms with Crippen molar-refractivity contribution in [2.45, 2.75) is 33.7 Å². The van der Waals surface area contributed by atoms with Gasteiger partial charge in [0.05, 0.1) is 0 Å². The minimum absolute atomic E-state index is 0.0902. The minimum Gasteiger partial charge on any atom is -0.348 e. The van der Waals surface area contributed by atoms with Gasteiger partial charge in [-0.15, -0.1) is 0 Å². The fourth-order valence-corrected chi connectivity index (χ4v) is 4.00. The molecule has 0 spiro atoms. The second-order valence-electron chi connectivity index (χ2n) is 8.46.